The van der Waals surface area contributed by atoms with Gasteiger partial charge in [-0.3, -0.25) is 0 Å². The molecule has 6 heteroatoms. The van der Waals surface area contributed by atoms with Crippen LogP contribution in [0.4, 0.5) is 0 Å². The van der Waals surface area contributed by atoms with Crippen LogP contribution in [-0.4, -0.2) is 27.4 Å². The molecule has 1 aromatic rings. The van der Waals surface area contributed by atoms with Crippen molar-refractivity contribution in [2.45, 2.75) is 31.2 Å². The monoisotopic (exact) mass is 305 g/mol. The molecule has 4 nitrogen and oxygen atoms in total. The zero-order chi connectivity index (χ0) is 14.5. The number of nitrogens with one attached hydrogen (secondary N) is 1. The van der Waals surface area contributed by atoms with E-state index in [1.54, 1.807) is 12.1 Å². The van der Waals surface area contributed by atoms with E-state index >= 15 is 0 Å². The van der Waals surface area contributed by atoms with E-state index in [0.29, 0.717) is 18.1 Å². The van der Waals surface area contributed by atoms with E-state index in [-0.39, 0.29) is 16.9 Å². The number of halogens is 1. The first-order valence-corrected chi connectivity index (χ1v) is 8.15. The van der Waals surface area contributed by atoms with Gasteiger partial charge in [0.15, 0.2) is 0 Å². The van der Waals surface area contributed by atoms with Gasteiger partial charge in [-0.15, -0.1) is 11.6 Å². The van der Waals surface area contributed by atoms with Gasteiger partial charge in [0.05, 0.1) is 12.0 Å². The Hall–Kier alpha value is -0.780. The molecule has 0 radical (unpaired) electrons. The Morgan fingerprint density at radius 2 is 1.84 bits per heavy atom. The van der Waals surface area contributed by atoms with Crippen molar-refractivity contribution in [1.29, 1.82) is 0 Å². The predicted octanol–water partition coefficient (Wildman–Crippen LogP) is 2.63. The van der Waals surface area contributed by atoms with Crippen molar-refractivity contribution in [2.75, 3.05) is 13.0 Å². The zero-order valence-electron chi connectivity index (χ0n) is 11.4. The SMILES string of the molecule is COc1ccc(S(=O)(=O)NC(CCCl)C(C)C)cc1. The van der Waals surface area contributed by atoms with E-state index in [1.165, 1.54) is 19.2 Å². The number of ether oxygens (including phenoxy) is 1. The summed E-state index contributed by atoms with van der Waals surface area (Å²) in [6.45, 7) is 3.93. The van der Waals surface area contributed by atoms with Crippen molar-refractivity contribution in [3.05, 3.63) is 24.3 Å². The molecule has 1 N–H and O–H groups in total. The number of methoxy groups -OCH3 is 1. The molecule has 0 aliphatic carbocycles. The van der Waals surface area contributed by atoms with Crippen LogP contribution >= 0.6 is 11.6 Å². The van der Waals surface area contributed by atoms with Crippen molar-refractivity contribution in [3.8, 4) is 5.75 Å². The largest absolute Gasteiger partial charge is 0.497 e. The predicted molar refractivity (Wildman–Crippen MR) is 77.3 cm³/mol. The molecule has 0 saturated heterocycles. The fourth-order valence-electron chi connectivity index (χ4n) is 1.67. The Labute approximate surface area is 120 Å². The highest BCUT2D eigenvalue weighted by Crippen LogP contribution is 2.17. The summed E-state index contributed by atoms with van der Waals surface area (Å²) in [5, 5.41) is 0. The van der Waals surface area contributed by atoms with Crippen LogP contribution in [0.3, 0.4) is 0 Å². The molecule has 1 unspecified atom stereocenters. The van der Waals surface area contributed by atoms with E-state index in [2.05, 4.69) is 4.72 Å². The van der Waals surface area contributed by atoms with E-state index < -0.39 is 10.0 Å². The van der Waals surface area contributed by atoms with Crippen molar-refractivity contribution in [2.24, 2.45) is 5.92 Å². The molecule has 0 fully saturated rings. The molecule has 108 valence electrons. The van der Waals surface area contributed by atoms with Crippen molar-refractivity contribution in [3.63, 3.8) is 0 Å². The molecule has 0 aliphatic heterocycles. The second-order valence-corrected chi connectivity index (χ2v) is 6.72. The zero-order valence-corrected chi connectivity index (χ0v) is 13.0. The second-order valence-electron chi connectivity index (χ2n) is 4.62. The number of benzene rings is 1. The molecule has 1 aromatic carbocycles. The van der Waals surface area contributed by atoms with Gasteiger partial charge in [-0.1, -0.05) is 13.8 Å². The van der Waals surface area contributed by atoms with Gasteiger partial charge in [0, 0.05) is 11.9 Å². The van der Waals surface area contributed by atoms with Gasteiger partial charge in [0.25, 0.3) is 0 Å². The quantitative estimate of drug-likeness (QED) is 0.788. The summed E-state index contributed by atoms with van der Waals surface area (Å²) in [7, 11) is -1.98. The highest BCUT2D eigenvalue weighted by Gasteiger charge is 2.21. The molecular weight excluding hydrogens is 286 g/mol. The first-order chi connectivity index (χ1) is 8.90. The maximum atomic E-state index is 12.2. The lowest BCUT2D eigenvalue weighted by Crippen LogP contribution is -2.38. The van der Waals surface area contributed by atoms with E-state index in [9.17, 15) is 8.42 Å². The number of sulfonamides is 1. The van der Waals surface area contributed by atoms with Crippen LogP contribution in [0, 0.1) is 5.92 Å². The summed E-state index contributed by atoms with van der Waals surface area (Å²) in [5.41, 5.74) is 0. The van der Waals surface area contributed by atoms with Gasteiger partial charge in [0.2, 0.25) is 10.0 Å². The van der Waals surface area contributed by atoms with Crippen LogP contribution in [0.5, 0.6) is 5.75 Å². The topological polar surface area (TPSA) is 55.4 Å². The molecule has 0 aromatic heterocycles. The average molecular weight is 306 g/mol. The normalized spacial score (nSPS) is 13.5. The van der Waals surface area contributed by atoms with Gasteiger partial charge < -0.3 is 4.74 Å². The van der Waals surface area contributed by atoms with Crippen LogP contribution in [0.1, 0.15) is 20.3 Å². The Morgan fingerprint density at radius 3 is 2.26 bits per heavy atom. The number of alkyl halides is 1. The maximum Gasteiger partial charge on any atom is 0.240 e. The van der Waals surface area contributed by atoms with Gasteiger partial charge in [0.1, 0.15) is 5.75 Å². The van der Waals surface area contributed by atoms with E-state index in [4.69, 9.17) is 16.3 Å². The highest BCUT2D eigenvalue weighted by atomic mass is 35.5. The Bertz CT molecular complexity index is 485. The van der Waals surface area contributed by atoms with Crippen molar-refractivity contribution in [1.82, 2.24) is 4.72 Å². The van der Waals surface area contributed by atoms with Gasteiger partial charge in [-0.2, -0.15) is 0 Å². The second kappa shape index (κ2) is 7.12. The summed E-state index contributed by atoms with van der Waals surface area (Å²) in [6, 6.07) is 6.14. The lowest BCUT2D eigenvalue weighted by Gasteiger charge is -2.21. The lowest BCUT2D eigenvalue weighted by atomic mass is 10.0. The first kappa shape index (κ1) is 16.3. The minimum Gasteiger partial charge on any atom is -0.497 e. The number of hydrogen-bond donors (Lipinski definition) is 1. The lowest BCUT2D eigenvalue weighted by molar-refractivity contribution is 0.414. The fraction of sp³-hybridized carbons (Fsp3) is 0.538. The van der Waals surface area contributed by atoms with E-state index in [1.807, 2.05) is 13.8 Å². The molecule has 0 aliphatic rings. The third kappa shape index (κ3) is 4.67. The van der Waals surface area contributed by atoms with Crippen LogP contribution in [0.25, 0.3) is 0 Å². The molecular formula is C13H20ClNO3S. The first-order valence-electron chi connectivity index (χ1n) is 6.13. The standard InChI is InChI=1S/C13H20ClNO3S/c1-10(2)13(8-9-14)15-19(16,17)12-6-4-11(18-3)5-7-12/h4-7,10,13,15H,8-9H2,1-3H3. The summed E-state index contributed by atoms with van der Waals surface area (Å²) in [6.07, 6.45) is 0.606. The third-order valence-electron chi connectivity index (χ3n) is 2.90. The number of rotatable bonds is 7. The van der Waals surface area contributed by atoms with Gasteiger partial charge >= 0.3 is 0 Å². The van der Waals surface area contributed by atoms with Crippen LogP contribution < -0.4 is 9.46 Å². The molecule has 0 amide bonds. The fourth-order valence-corrected chi connectivity index (χ4v) is 3.32. The summed E-state index contributed by atoms with van der Waals surface area (Å²) >= 11 is 5.70. The Kier molecular flexibility index (Phi) is 6.10. The smallest absolute Gasteiger partial charge is 0.240 e. The maximum absolute atomic E-state index is 12.2. The summed E-state index contributed by atoms with van der Waals surface area (Å²) < 4.78 is 32.2. The Morgan fingerprint density at radius 1 is 1.26 bits per heavy atom. The van der Waals surface area contributed by atoms with Gasteiger partial charge in [-0.05, 0) is 36.6 Å². The molecule has 1 atom stereocenters. The molecule has 19 heavy (non-hydrogen) atoms. The number of hydrogen-bond acceptors (Lipinski definition) is 3. The Balaban J connectivity index is 2.89. The minimum absolute atomic E-state index is 0.162. The molecule has 0 bridgehead atoms. The van der Waals surface area contributed by atoms with Crippen molar-refractivity contribution >= 4 is 21.6 Å². The van der Waals surface area contributed by atoms with Crippen LogP contribution in [-0.2, 0) is 10.0 Å². The molecule has 1 rings (SSSR count). The van der Waals surface area contributed by atoms with Crippen LogP contribution in [0.15, 0.2) is 29.2 Å². The van der Waals surface area contributed by atoms with Gasteiger partial charge in [-0.25, -0.2) is 13.1 Å². The minimum atomic E-state index is -3.52. The van der Waals surface area contributed by atoms with Crippen molar-refractivity contribution < 1.29 is 13.2 Å². The summed E-state index contributed by atoms with van der Waals surface area (Å²) in [4.78, 5) is 0.230. The molecule has 0 heterocycles. The van der Waals surface area contributed by atoms with E-state index in [0.717, 1.165) is 0 Å². The molecule has 0 spiro atoms. The summed E-state index contributed by atoms with van der Waals surface area (Å²) in [5.74, 6) is 1.24. The molecule has 0 saturated carbocycles. The average Bonchev–Trinajstić information content (AvgIpc) is 2.38. The van der Waals surface area contributed by atoms with Crippen LogP contribution in [0.2, 0.25) is 0 Å². The third-order valence-corrected chi connectivity index (χ3v) is 4.63. The highest BCUT2D eigenvalue weighted by molar-refractivity contribution is 7.89.